The van der Waals surface area contributed by atoms with Crippen molar-refractivity contribution in [1.29, 1.82) is 0 Å². The molecule has 0 saturated carbocycles. The average Bonchev–Trinajstić information content (AvgIpc) is 3.31. The Morgan fingerprint density at radius 3 is 0.938 bits per heavy atom. The fraction of sp³-hybridized carbons (Fsp3) is 0.883. The summed E-state index contributed by atoms with van der Waals surface area (Å²) < 4.78 is 0. The van der Waals surface area contributed by atoms with Crippen LogP contribution in [0.3, 0.4) is 0 Å². The zero-order valence-corrected chi connectivity index (χ0v) is 43.9. The van der Waals surface area contributed by atoms with Gasteiger partial charge in [0.2, 0.25) is 5.91 Å². The summed E-state index contributed by atoms with van der Waals surface area (Å²) in [5.41, 5.74) is 0. The van der Waals surface area contributed by atoms with E-state index < -0.39 is 24.2 Å². The molecule has 5 heteroatoms. The molecule has 0 aliphatic rings. The third kappa shape index (κ3) is 50.3. The van der Waals surface area contributed by atoms with E-state index >= 15 is 0 Å². The zero-order chi connectivity index (χ0) is 47.2. The highest BCUT2D eigenvalue weighted by Gasteiger charge is 2.22. The molecule has 0 aromatic heterocycles. The second-order valence-corrected chi connectivity index (χ2v) is 20.2. The maximum atomic E-state index is 12.5. The molecule has 0 heterocycles. The predicted octanol–water partition coefficient (Wildman–Crippen LogP) is 18.2. The second kappa shape index (κ2) is 55.2. The first-order valence-electron chi connectivity index (χ1n) is 29.3. The molecule has 0 fully saturated rings. The smallest absolute Gasteiger partial charge is 0.249 e. The van der Waals surface area contributed by atoms with Crippen molar-refractivity contribution in [1.82, 2.24) is 5.32 Å². The van der Waals surface area contributed by atoms with Crippen LogP contribution in [0.2, 0.25) is 0 Å². The Bertz CT molecular complexity index is 1010. The van der Waals surface area contributed by atoms with Gasteiger partial charge < -0.3 is 20.6 Å². The van der Waals surface area contributed by atoms with Gasteiger partial charge in [-0.15, -0.1) is 0 Å². The highest BCUT2D eigenvalue weighted by Crippen LogP contribution is 2.18. The molecule has 384 valence electrons. The number of amides is 1. The minimum atomic E-state index is -1.11. The van der Waals surface area contributed by atoms with E-state index in [1.54, 1.807) is 6.08 Å². The van der Waals surface area contributed by atoms with Crippen molar-refractivity contribution in [2.45, 2.75) is 334 Å². The molecule has 0 radical (unpaired) electrons. The van der Waals surface area contributed by atoms with Crippen molar-refractivity contribution in [2.75, 3.05) is 6.61 Å². The third-order valence-electron chi connectivity index (χ3n) is 13.7. The Labute approximate surface area is 406 Å². The number of aliphatic hydroxyl groups is 3. The van der Waals surface area contributed by atoms with Crippen molar-refractivity contribution >= 4 is 5.91 Å². The Kier molecular flexibility index (Phi) is 54.0. The molecular weight excluding hydrogens is 799 g/mol. The van der Waals surface area contributed by atoms with Gasteiger partial charge in [0.05, 0.1) is 18.8 Å². The van der Waals surface area contributed by atoms with Gasteiger partial charge in [-0.1, -0.05) is 307 Å². The summed E-state index contributed by atoms with van der Waals surface area (Å²) in [5.74, 6) is -0.514. The minimum absolute atomic E-state index is 0.379. The average molecular weight is 915 g/mol. The quantitative estimate of drug-likeness (QED) is 0.0361. The topological polar surface area (TPSA) is 89.8 Å². The summed E-state index contributed by atoms with van der Waals surface area (Å²) in [7, 11) is 0. The summed E-state index contributed by atoms with van der Waals surface area (Å²) in [6, 6.07) is -0.819. The van der Waals surface area contributed by atoms with Gasteiger partial charge in [0.25, 0.3) is 0 Å². The lowest BCUT2D eigenvalue weighted by Crippen LogP contribution is -2.48. The SMILES string of the molecule is CCCCC/C=C/CC/C=C/CC/C=C/C(O)C(CO)NC(=O)C(O)CCCCCCCCCCCCCCCCCCCCCCCCCCCCCCCCCCCCCCCC. The van der Waals surface area contributed by atoms with E-state index in [0.29, 0.717) is 6.42 Å². The van der Waals surface area contributed by atoms with Gasteiger partial charge in [-0.25, -0.2) is 0 Å². The van der Waals surface area contributed by atoms with Gasteiger partial charge in [0.15, 0.2) is 0 Å². The van der Waals surface area contributed by atoms with Crippen molar-refractivity contribution in [3.8, 4) is 0 Å². The van der Waals surface area contributed by atoms with Crippen LogP contribution in [0.4, 0.5) is 0 Å². The van der Waals surface area contributed by atoms with Crippen LogP contribution >= 0.6 is 0 Å². The maximum absolute atomic E-state index is 12.5. The first-order chi connectivity index (χ1) is 32.1. The number of hydrogen-bond donors (Lipinski definition) is 4. The molecule has 0 spiro atoms. The fourth-order valence-corrected chi connectivity index (χ4v) is 9.16. The molecule has 4 N–H and O–H groups in total. The van der Waals surface area contributed by atoms with Crippen molar-refractivity contribution in [3.05, 3.63) is 36.5 Å². The zero-order valence-electron chi connectivity index (χ0n) is 43.9. The molecule has 0 bridgehead atoms. The van der Waals surface area contributed by atoms with Crippen LogP contribution in [0.25, 0.3) is 0 Å². The number of allylic oxidation sites excluding steroid dienone is 5. The van der Waals surface area contributed by atoms with Crippen LogP contribution in [-0.4, -0.2) is 46.1 Å². The van der Waals surface area contributed by atoms with Gasteiger partial charge >= 0.3 is 0 Å². The van der Waals surface area contributed by atoms with Crippen molar-refractivity contribution < 1.29 is 20.1 Å². The van der Waals surface area contributed by atoms with E-state index in [1.807, 2.05) is 6.08 Å². The molecule has 3 unspecified atom stereocenters. The summed E-state index contributed by atoms with van der Waals surface area (Å²) in [6.07, 6.45) is 72.6. The minimum Gasteiger partial charge on any atom is -0.394 e. The first kappa shape index (κ1) is 63.6. The number of unbranched alkanes of at least 4 members (excludes halogenated alkanes) is 42. The van der Waals surface area contributed by atoms with Gasteiger partial charge in [-0.2, -0.15) is 0 Å². The molecule has 0 aliphatic heterocycles. The number of rotatable bonds is 54. The number of nitrogens with one attached hydrogen (secondary N) is 1. The molecule has 0 saturated heterocycles. The van der Waals surface area contributed by atoms with Crippen LogP contribution in [0.15, 0.2) is 36.5 Å². The number of hydrogen-bond acceptors (Lipinski definition) is 4. The van der Waals surface area contributed by atoms with E-state index in [4.69, 9.17) is 0 Å². The standard InChI is InChI=1S/C60H115NO4/c1-3-5-7-9-11-13-15-17-18-19-20-21-22-23-24-25-26-27-28-29-30-31-32-33-34-35-36-37-38-39-40-41-43-45-47-49-51-53-55-59(64)60(65)61-57(56-62)58(63)54-52-50-48-46-44-42-16-14-12-10-8-6-4-2/h12,14,44,46,52,54,57-59,62-64H,3-11,13,15-43,45,47-51,53,55-56H2,1-2H3,(H,61,65)/b14-12+,46-44+,54-52+. The Morgan fingerprint density at radius 1 is 0.369 bits per heavy atom. The number of aliphatic hydroxyl groups excluding tert-OH is 3. The normalized spacial score (nSPS) is 13.5. The van der Waals surface area contributed by atoms with Gasteiger partial charge in [0.1, 0.15) is 6.10 Å². The Hall–Kier alpha value is -1.43. The predicted molar refractivity (Wildman–Crippen MR) is 287 cm³/mol. The summed E-state index contributed by atoms with van der Waals surface area (Å²) in [5, 5.41) is 33.2. The van der Waals surface area contributed by atoms with Gasteiger partial charge in [-0.05, 0) is 44.9 Å². The van der Waals surface area contributed by atoms with E-state index in [2.05, 4.69) is 43.5 Å². The van der Waals surface area contributed by atoms with E-state index in [1.165, 1.54) is 250 Å². The van der Waals surface area contributed by atoms with Crippen LogP contribution in [0.5, 0.6) is 0 Å². The third-order valence-corrected chi connectivity index (χ3v) is 13.7. The van der Waals surface area contributed by atoms with E-state index in [0.717, 1.165) is 44.9 Å². The molecule has 0 aliphatic carbocycles. The molecule has 5 nitrogen and oxygen atoms in total. The number of carbonyl (C=O) groups is 1. The molecule has 0 rings (SSSR count). The lowest BCUT2D eigenvalue weighted by molar-refractivity contribution is -0.131. The molecule has 0 aromatic carbocycles. The highest BCUT2D eigenvalue weighted by molar-refractivity contribution is 5.80. The lowest BCUT2D eigenvalue weighted by Gasteiger charge is -2.21. The van der Waals surface area contributed by atoms with Gasteiger partial charge in [-0.3, -0.25) is 4.79 Å². The molecule has 1 amide bonds. The van der Waals surface area contributed by atoms with Crippen molar-refractivity contribution in [3.63, 3.8) is 0 Å². The second-order valence-electron chi connectivity index (χ2n) is 20.2. The summed E-state index contributed by atoms with van der Waals surface area (Å²) in [4.78, 5) is 12.5. The summed E-state index contributed by atoms with van der Waals surface area (Å²) in [6.45, 7) is 4.15. The van der Waals surface area contributed by atoms with Crippen LogP contribution < -0.4 is 5.32 Å². The van der Waals surface area contributed by atoms with Gasteiger partial charge in [0, 0.05) is 0 Å². The lowest BCUT2D eigenvalue weighted by atomic mass is 10.0. The molecule has 3 atom stereocenters. The van der Waals surface area contributed by atoms with Crippen LogP contribution in [0.1, 0.15) is 316 Å². The Morgan fingerprint density at radius 2 is 0.631 bits per heavy atom. The van der Waals surface area contributed by atoms with Crippen LogP contribution in [-0.2, 0) is 4.79 Å². The fourth-order valence-electron chi connectivity index (χ4n) is 9.16. The maximum Gasteiger partial charge on any atom is 0.249 e. The monoisotopic (exact) mass is 914 g/mol. The van der Waals surface area contributed by atoms with E-state index in [-0.39, 0.29) is 6.61 Å². The first-order valence-corrected chi connectivity index (χ1v) is 29.3. The summed E-state index contributed by atoms with van der Waals surface area (Å²) >= 11 is 0. The largest absolute Gasteiger partial charge is 0.394 e. The van der Waals surface area contributed by atoms with Crippen LogP contribution in [0, 0.1) is 0 Å². The van der Waals surface area contributed by atoms with E-state index in [9.17, 15) is 20.1 Å². The number of carbonyl (C=O) groups excluding carboxylic acids is 1. The molecular formula is C60H115NO4. The van der Waals surface area contributed by atoms with Crippen molar-refractivity contribution in [2.24, 2.45) is 0 Å². The molecule has 65 heavy (non-hydrogen) atoms. The Balaban J connectivity index is 3.43. The molecule has 0 aromatic rings. The highest BCUT2D eigenvalue weighted by atomic mass is 16.3.